The van der Waals surface area contributed by atoms with Crippen LogP contribution < -0.4 is 10.6 Å². The minimum Gasteiger partial charge on any atom is -0.321 e. The van der Waals surface area contributed by atoms with Crippen molar-refractivity contribution in [1.29, 1.82) is 0 Å². The van der Waals surface area contributed by atoms with Crippen molar-refractivity contribution in [3.63, 3.8) is 0 Å². The van der Waals surface area contributed by atoms with Gasteiger partial charge < -0.3 is 10.6 Å². The molecule has 1 aromatic carbocycles. The van der Waals surface area contributed by atoms with Crippen LogP contribution in [0.15, 0.2) is 36.7 Å². The van der Waals surface area contributed by atoms with Crippen LogP contribution in [0.1, 0.15) is 58.6 Å². The zero-order valence-corrected chi connectivity index (χ0v) is 13.3. The molecule has 1 atom stereocenters. The number of amides is 1. The Labute approximate surface area is 136 Å². The first-order valence-corrected chi connectivity index (χ1v) is 8.30. The van der Waals surface area contributed by atoms with Crippen molar-refractivity contribution < 1.29 is 4.79 Å². The van der Waals surface area contributed by atoms with E-state index in [0.717, 1.165) is 18.8 Å². The summed E-state index contributed by atoms with van der Waals surface area (Å²) < 4.78 is 0. The van der Waals surface area contributed by atoms with Crippen LogP contribution in [0.2, 0.25) is 0 Å². The monoisotopic (exact) mass is 307 g/mol. The van der Waals surface area contributed by atoms with E-state index in [1.165, 1.54) is 29.5 Å². The minimum absolute atomic E-state index is 0.0687. The van der Waals surface area contributed by atoms with Gasteiger partial charge in [-0.15, -0.1) is 0 Å². The lowest BCUT2D eigenvalue weighted by atomic mass is 9.91. The van der Waals surface area contributed by atoms with E-state index in [4.69, 9.17) is 0 Å². The number of pyridine rings is 1. The Morgan fingerprint density at radius 2 is 2.13 bits per heavy atom. The number of hydrogen-bond acceptors (Lipinski definition) is 3. The normalized spacial score (nSPS) is 20.0. The Kier molecular flexibility index (Phi) is 3.62. The second-order valence-electron chi connectivity index (χ2n) is 6.68. The van der Waals surface area contributed by atoms with Gasteiger partial charge in [-0.3, -0.25) is 9.78 Å². The average molecular weight is 307 g/mol. The predicted octanol–water partition coefficient (Wildman–Crippen LogP) is 3.42. The summed E-state index contributed by atoms with van der Waals surface area (Å²) in [4.78, 5) is 16.8. The summed E-state index contributed by atoms with van der Waals surface area (Å²) in [7, 11) is 0. The molecule has 2 aromatic rings. The third-order valence-electron chi connectivity index (χ3n) is 4.77. The summed E-state index contributed by atoms with van der Waals surface area (Å²) in [6.07, 6.45) is 6.08. The SMILES string of the molecule is CC1CNCc2cc(C(=O)Nc3cncc(C4CC4)c3)ccc21. The van der Waals surface area contributed by atoms with Gasteiger partial charge in [0.2, 0.25) is 0 Å². The van der Waals surface area contributed by atoms with E-state index in [9.17, 15) is 4.79 Å². The third-order valence-corrected chi connectivity index (χ3v) is 4.77. The number of anilines is 1. The van der Waals surface area contributed by atoms with Crippen LogP contribution in [-0.4, -0.2) is 17.4 Å². The first-order valence-electron chi connectivity index (χ1n) is 8.30. The van der Waals surface area contributed by atoms with Crippen molar-refractivity contribution in [3.8, 4) is 0 Å². The molecule has 2 heterocycles. The number of nitrogens with zero attached hydrogens (tertiary/aromatic N) is 1. The topological polar surface area (TPSA) is 54.0 Å². The molecule has 0 bridgehead atoms. The second-order valence-corrected chi connectivity index (χ2v) is 6.68. The number of hydrogen-bond donors (Lipinski definition) is 2. The molecule has 1 amide bonds. The fraction of sp³-hybridized carbons (Fsp3) is 0.368. The molecule has 4 heteroatoms. The van der Waals surface area contributed by atoms with Crippen LogP contribution in [-0.2, 0) is 6.54 Å². The maximum atomic E-state index is 12.5. The van der Waals surface area contributed by atoms with Gasteiger partial charge in [0.05, 0.1) is 11.9 Å². The van der Waals surface area contributed by atoms with E-state index >= 15 is 0 Å². The van der Waals surface area contributed by atoms with E-state index in [1.807, 2.05) is 24.4 Å². The third kappa shape index (κ3) is 2.99. The second kappa shape index (κ2) is 5.78. The molecule has 0 saturated heterocycles. The molecule has 23 heavy (non-hydrogen) atoms. The molecule has 2 aliphatic rings. The zero-order valence-electron chi connectivity index (χ0n) is 13.3. The van der Waals surface area contributed by atoms with Crippen LogP contribution in [0.5, 0.6) is 0 Å². The fourth-order valence-corrected chi connectivity index (χ4v) is 3.28. The van der Waals surface area contributed by atoms with Gasteiger partial charge in [-0.1, -0.05) is 13.0 Å². The highest BCUT2D eigenvalue weighted by atomic mass is 16.1. The molecule has 1 fully saturated rings. The number of fused-ring (bicyclic) bond motifs is 1. The molecule has 1 unspecified atom stereocenters. The highest BCUT2D eigenvalue weighted by Crippen LogP contribution is 2.40. The van der Waals surface area contributed by atoms with Crippen LogP contribution in [0, 0.1) is 0 Å². The zero-order chi connectivity index (χ0) is 15.8. The molecule has 1 aliphatic heterocycles. The number of rotatable bonds is 3. The summed E-state index contributed by atoms with van der Waals surface area (Å²) in [6, 6.07) is 8.07. The van der Waals surface area contributed by atoms with E-state index < -0.39 is 0 Å². The Balaban J connectivity index is 1.54. The Bertz CT molecular complexity index is 752. The van der Waals surface area contributed by atoms with Gasteiger partial charge in [-0.25, -0.2) is 0 Å². The maximum Gasteiger partial charge on any atom is 0.255 e. The lowest BCUT2D eigenvalue weighted by molar-refractivity contribution is 0.102. The largest absolute Gasteiger partial charge is 0.321 e. The van der Waals surface area contributed by atoms with E-state index in [2.05, 4.69) is 28.6 Å². The van der Waals surface area contributed by atoms with E-state index in [1.54, 1.807) is 6.20 Å². The smallest absolute Gasteiger partial charge is 0.255 e. The van der Waals surface area contributed by atoms with Gasteiger partial charge >= 0.3 is 0 Å². The molecule has 118 valence electrons. The lowest BCUT2D eigenvalue weighted by Gasteiger charge is -2.23. The molecule has 0 radical (unpaired) electrons. The summed E-state index contributed by atoms with van der Waals surface area (Å²) in [5, 5.41) is 6.37. The van der Waals surface area contributed by atoms with Crippen molar-refractivity contribution in [2.45, 2.75) is 38.1 Å². The summed E-state index contributed by atoms with van der Waals surface area (Å²) in [6.45, 7) is 4.04. The van der Waals surface area contributed by atoms with Gasteiger partial charge in [-0.2, -0.15) is 0 Å². The average Bonchev–Trinajstić information content (AvgIpc) is 3.40. The Hall–Kier alpha value is -2.20. The van der Waals surface area contributed by atoms with Crippen LogP contribution in [0.4, 0.5) is 5.69 Å². The summed E-state index contributed by atoms with van der Waals surface area (Å²) in [5.41, 5.74) is 5.28. The molecule has 1 aliphatic carbocycles. The number of nitrogens with one attached hydrogen (secondary N) is 2. The minimum atomic E-state index is -0.0687. The van der Waals surface area contributed by atoms with Crippen molar-refractivity contribution in [3.05, 3.63) is 58.9 Å². The van der Waals surface area contributed by atoms with E-state index in [0.29, 0.717) is 17.4 Å². The van der Waals surface area contributed by atoms with Crippen molar-refractivity contribution in [2.24, 2.45) is 0 Å². The molecular weight excluding hydrogens is 286 g/mol. The summed E-state index contributed by atoms with van der Waals surface area (Å²) in [5.74, 6) is 1.06. The molecule has 4 rings (SSSR count). The van der Waals surface area contributed by atoms with Crippen LogP contribution in [0.3, 0.4) is 0 Å². The standard InChI is InChI=1S/C19H21N3O/c1-12-8-20-10-16-6-14(4-5-18(12)16)19(23)22-17-7-15(9-21-11-17)13-2-3-13/h4-7,9,11-13,20H,2-3,8,10H2,1H3,(H,22,23). The van der Waals surface area contributed by atoms with Crippen LogP contribution in [0.25, 0.3) is 0 Å². The number of carbonyl (C=O) groups is 1. The highest BCUT2D eigenvalue weighted by Gasteiger charge is 2.24. The lowest BCUT2D eigenvalue weighted by Crippen LogP contribution is -2.27. The predicted molar refractivity (Wildman–Crippen MR) is 90.7 cm³/mol. The molecule has 0 spiro atoms. The quantitative estimate of drug-likeness (QED) is 0.913. The van der Waals surface area contributed by atoms with Gasteiger partial charge in [0.1, 0.15) is 0 Å². The molecule has 2 N–H and O–H groups in total. The van der Waals surface area contributed by atoms with Gasteiger partial charge in [-0.05, 0) is 59.6 Å². The fourth-order valence-electron chi connectivity index (χ4n) is 3.28. The molecule has 1 saturated carbocycles. The van der Waals surface area contributed by atoms with Crippen LogP contribution >= 0.6 is 0 Å². The number of carbonyl (C=O) groups excluding carboxylic acids is 1. The maximum absolute atomic E-state index is 12.5. The first kappa shape index (κ1) is 14.4. The Morgan fingerprint density at radius 1 is 1.26 bits per heavy atom. The van der Waals surface area contributed by atoms with Gasteiger partial charge in [0.15, 0.2) is 0 Å². The number of benzene rings is 1. The molecular formula is C19H21N3O. The van der Waals surface area contributed by atoms with E-state index in [-0.39, 0.29) is 5.91 Å². The van der Waals surface area contributed by atoms with Crippen molar-refractivity contribution in [2.75, 3.05) is 11.9 Å². The van der Waals surface area contributed by atoms with Gasteiger partial charge in [0, 0.05) is 24.8 Å². The summed E-state index contributed by atoms with van der Waals surface area (Å²) >= 11 is 0. The van der Waals surface area contributed by atoms with Crippen molar-refractivity contribution >= 4 is 11.6 Å². The highest BCUT2D eigenvalue weighted by molar-refractivity contribution is 6.04. The molecule has 1 aromatic heterocycles. The van der Waals surface area contributed by atoms with Crippen molar-refractivity contribution in [1.82, 2.24) is 10.3 Å². The molecule has 4 nitrogen and oxygen atoms in total. The Morgan fingerprint density at radius 3 is 2.96 bits per heavy atom. The number of aromatic nitrogens is 1. The first-order chi connectivity index (χ1) is 11.2. The van der Waals surface area contributed by atoms with Gasteiger partial charge in [0.25, 0.3) is 5.91 Å².